The molecule has 6 nitrogen and oxygen atoms in total. The number of aliphatic hydroxyl groups is 1. The van der Waals surface area contributed by atoms with Crippen molar-refractivity contribution < 1.29 is 5.11 Å². The van der Waals surface area contributed by atoms with Crippen molar-refractivity contribution in [2.45, 2.75) is 18.4 Å². The van der Waals surface area contributed by atoms with Gasteiger partial charge < -0.3 is 10.8 Å². The Morgan fingerprint density at radius 1 is 1.03 bits per heavy atom. The first-order valence-corrected chi connectivity index (χ1v) is 9.30. The van der Waals surface area contributed by atoms with E-state index >= 15 is 0 Å². The molecule has 0 saturated heterocycles. The standard InChI is InChI=1S/C23H17N5O/c24-21-19-18(8-12-26-21)14-27-22(28-19)17-4-1-3-15(13-17)6-9-23(29)10-7-16-5-2-11-25-20(16)23/h1-5,8,11-14,29H,7,10H2,(H2,24,26). The number of aromatic nitrogens is 4. The fraction of sp³-hybridized carbons (Fsp3) is 0.130. The molecular weight excluding hydrogens is 362 g/mol. The summed E-state index contributed by atoms with van der Waals surface area (Å²) in [6.45, 7) is 0. The summed E-state index contributed by atoms with van der Waals surface area (Å²) in [6, 6.07) is 13.3. The predicted molar refractivity (Wildman–Crippen MR) is 111 cm³/mol. The van der Waals surface area contributed by atoms with Crippen LogP contribution in [0, 0.1) is 11.8 Å². The lowest BCUT2D eigenvalue weighted by atomic mass is 10.0. The van der Waals surface area contributed by atoms with Crippen LogP contribution in [0.2, 0.25) is 0 Å². The fourth-order valence-electron chi connectivity index (χ4n) is 3.60. The van der Waals surface area contributed by atoms with Crippen LogP contribution in [0.25, 0.3) is 22.3 Å². The number of hydrogen-bond acceptors (Lipinski definition) is 6. The quantitative estimate of drug-likeness (QED) is 0.494. The van der Waals surface area contributed by atoms with Crippen LogP contribution >= 0.6 is 0 Å². The van der Waals surface area contributed by atoms with E-state index < -0.39 is 5.60 Å². The summed E-state index contributed by atoms with van der Waals surface area (Å²) < 4.78 is 0. The molecule has 1 atom stereocenters. The summed E-state index contributed by atoms with van der Waals surface area (Å²) in [5.41, 5.74) is 8.64. The lowest BCUT2D eigenvalue weighted by Crippen LogP contribution is -2.20. The van der Waals surface area contributed by atoms with Gasteiger partial charge in [-0.15, -0.1) is 0 Å². The SMILES string of the molecule is Nc1nccc2cnc(-c3cccc(C#CC4(O)CCc5cccnc54)c3)nc12. The molecule has 0 amide bonds. The van der Waals surface area contributed by atoms with Crippen molar-refractivity contribution in [3.63, 3.8) is 0 Å². The first-order valence-electron chi connectivity index (χ1n) is 9.30. The van der Waals surface area contributed by atoms with Gasteiger partial charge in [-0.05, 0) is 42.7 Å². The molecule has 0 radical (unpaired) electrons. The van der Waals surface area contributed by atoms with Gasteiger partial charge in [-0.2, -0.15) is 0 Å². The Morgan fingerprint density at radius 2 is 1.97 bits per heavy atom. The number of hydrogen-bond donors (Lipinski definition) is 2. The van der Waals surface area contributed by atoms with E-state index in [1.165, 1.54) is 0 Å². The number of benzene rings is 1. The summed E-state index contributed by atoms with van der Waals surface area (Å²) in [6.07, 6.45) is 6.38. The zero-order valence-electron chi connectivity index (χ0n) is 15.5. The Hall–Kier alpha value is -3.82. The van der Waals surface area contributed by atoms with Crippen molar-refractivity contribution in [1.29, 1.82) is 0 Å². The van der Waals surface area contributed by atoms with Crippen molar-refractivity contribution >= 4 is 16.7 Å². The van der Waals surface area contributed by atoms with Gasteiger partial charge in [0.1, 0.15) is 11.3 Å². The molecule has 3 heterocycles. The Kier molecular flexibility index (Phi) is 3.97. The maximum atomic E-state index is 11.0. The zero-order chi connectivity index (χ0) is 19.8. The fourth-order valence-corrected chi connectivity index (χ4v) is 3.60. The van der Waals surface area contributed by atoms with Crippen LogP contribution in [0.1, 0.15) is 23.2 Å². The molecule has 1 aliphatic rings. The topological polar surface area (TPSA) is 97.8 Å². The second-order valence-electron chi connectivity index (χ2n) is 7.03. The molecule has 6 heteroatoms. The van der Waals surface area contributed by atoms with Crippen LogP contribution in [0.15, 0.2) is 61.1 Å². The molecule has 1 aliphatic carbocycles. The number of aryl methyl sites for hydroxylation is 1. The summed E-state index contributed by atoms with van der Waals surface area (Å²) in [4.78, 5) is 17.4. The summed E-state index contributed by atoms with van der Waals surface area (Å²) in [7, 11) is 0. The van der Waals surface area contributed by atoms with Crippen LogP contribution in [0.4, 0.5) is 5.82 Å². The highest BCUT2D eigenvalue weighted by Gasteiger charge is 2.36. The normalized spacial score (nSPS) is 17.6. The molecule has 4 aromatic rings. The highest BCUT2D eigenvalue weighted by Crippen LogP contribution is 2.34. The molecule has 3 N–H and O–H groups in total. The maximum absolute atomic E-state index is 11.0. The van der Waals surface area contributed by atoms with Crippen molar-refractivity contribution in [3.8, 4) is 23.2 Å². The summed E-state index contributed by atoms with van der Waals surface area (Å²) in [5.74, 6) is 7.03. The molecule has 1 aromatic carbocycles. The largest absolute Gasteiger partial charge is 0.382 e. The highest BCUT2D eigenvalue weighted by atomic mass is 16.3. The molecule has 1 unspecified atom stereocenters. The van der Waals surface area contributed by atoms with Gasteiger partial charge in [-0.1, -0.05) is 30.0 Å². The number of fused-ring (bicyclic) bond motifs is 2. The molecule has 3 aromatic heterocycles. The van der Waals surface area contributed by atoms with E-state index in [1.807, 2.05) is 42.5 Å². The van der Waals surface area contributed by atoms with Gasteiger partial charge in [0, 0.05) is 35.1 Å². The lowest BCUT2D eigenvalue weighted by molar-refractivity contribution is 0.0982. The lowest BCUT2D eigenvalue weighted by Gasteiger charge is -2.15. The van der Waals surface area contributed by atoms with Crippen LogP contribution in [-0.4, -0.2) is 25.0 Å². The Labute approximate surface area is 167 Å². The van der Waals surface area contributed by atoms with Gasteiger partial charge in [0.2, 0.25) is 0 Å². The number of nitrogens with zero attached hydrogens (tertiary/aromatic N) is 4. The van der Waals surface area contributed by atoms with Crippen molar-refractivity contribution in [2.75, 3.05) is 5.73 Å². The minimum absolute atomic E-state index is 0.372. The zero-order valence-corrected chi connectivity index (χ0v) is 15.5. The third-order valence-corrected chi connectivity index (χ3v) is 5.10. The molecule has 5 rings (SSSR count). The summed E-state index contributed by atoms with van der Waals surface area (Å²) >= 11 is 0. The van der Waals surface area contributed by atoms with E-state index in [9.17, 15) is 5.11 Å². The number of pyridine rings is 2. The van der Waals surface area contributed by atoms with E-state index in [0.717, 1.165) is 28.5 Å². The van der Waals surface area contributed by atoms with Gasteiger partial charge in [0.25, 0.3) is 0 Å². The van der Waals surface area contributed by atoms with Crippen LogP contribution in [0.3, 0.4) is 0 Å². The van der Waals surface area contributed by atoms with Crippen molar-refractivity contribution in [3.05, 3.63) is 77.9 Å². The molecular formula is C23H17N5O. The van der Waals surface area contributed by atoms with E-state index in [-0.39, 0.29) is 0 Å². The first kappa shape index (κ1) is 17.3. The monoisotopic (exact) mass is 379 g/mol. The first-order chi connectivity index (χ1) is 14.1. The maximum Gasteiger partial charge on any atom is 0.168 e. The van der Waals surface area contributed by atoms with Crippen LogP contribution < -0.4 is 5.73 Å². The number of rotatable bonds is 1. The van der Waals surface area contributed by atoms with E-state index in [4.69, 9.17) is 5.73 Å². The minimum Gasteiger partial charge on any atom is -0.382 e. The average molecular weight is 379 g/mol. The van der Waals surface area contributed by atoms with Gasteiger partial charge >= 0.3 is 0 Å². The predicted octanol–water partition coefficient (Wildman–Crippen LogP) is 2.85. The Morgan fingerprint density at radius 3 is 2.90 bits per heavy atom. The summed E-state index contributed by atoms with van der Waals surface area (Å²) in [5, 5.41) is 11.8. The molecule has 29 heavy (non-hydrogen) atoms. The van der Waals surface area contributed by atoms with E-state index in [2.05, 4.69) is 31.8 Å². The van der Waals surface area contributed by atoms with Gasteiger partial charge in [0.15, 0.2) is 11.4 Å². The third-order valence-electron chi connectivity index (χ3n) is 5.10. The molecule has 0 spiro atoms. The van der Waals surface area contributed by atoms with Crippen molar-refractivity contribution in [1.82, 2.24) is 19.9 Å². The second kappa shape index (κ2) is 6.66. The molecule has 0 bridgehead atoms. The van der Waals surface area contributed by atoms with Gasteiger partial charge in [0.05, 0.1) is 5.69 Å². The number of anilines is 1. The smallest absolute Gasteiger partial charge is 0.168 e. The van der Waals surface area contributed by atoms with Crippen molar-refractivity contribution in [2.24, 2.45) is 0 Å². The van der Waals surface area contributed by atoms with Crippen LogP contribution in [-0.2, 0) is 12.0 Å². The van der Waals surface area contributed by atoms with Crippen LogP contribution in [0.5, 0.6) is 0 Å². The molecule has 140 valence electrons. The number of nitrogen functional groups attached to an aromatic ring is 1. The Balaban J connectivity index is 1.51. The minimum atomic E-state index is -1.22. The Bertz CT molecular complexity index is 1310. The average Bonchev–Trinajstić information content (AvgIpc) is 3.10. The van der Waals surface area contributed by atoms with E-state index in [0.29, 0.717) is 29.3 Å². The molecule has 0 fully saturated rings. The third kappa shape index (κ3) is 3.08. The van der Waals surface area contributed by atoms with Gasteiger partial charge in [-0.3, -0.25) is 4.98 Å². The highest BCUT2D eigenvalue weighted by molar-refractivity contribution is 5.87. The van der Waals surface area contributed by atoms with Gasteiger partial charge in [-0.25, -0.2) is 15.0 Å². The molecule has 0 aliphatic heterocycles. The second-order valence-corrected chi connectivity index (χ2v) is 7.03. The van der Waals surface area contributed by atoms with E-state index in [1.54, 1.807) is 18.6 Å². The number of nitrogens with two attached hydrogens (primary N) is 1. The molecule has 0 saturated carbocycles.